The third-order valence-corrected chi connectivity index (χ3v) is 2.32. The second-order valence-electron chi connectivity index (χ2n) is 3.69. The van der Waals surface area contributed by atoms with Crippen molar-refractivity contribution >= 4 is 11.5 Å². The van der Waals surface area contributed by atoms with E-state index in [1.807, 2.05) is 30.3 Å². The summed E-state index contributed by atoms with van der Waals surface area (Å²) in [6, 6.07) is 9.98. The Labute approximate surface area is 91.7 Å². The number of ketones is 1. The van der Waals surface area contributed by atoms with Gasteiger partial charge in [-0.15, -0.1) is 0 Å². The molecular formula is C13H19NO. The van der Waals surface area contributed by atoms with Crippen LogP contribution < -0.4 is 5.32 Å². The molecule has 1 aromatic rings. The van der Waals surface area contributed by atoms with Gasteiger partial charge in [0, 0.05) is 25.1 Å². The third-order valence-electron chi connectivity index (χ3n) is 2.32. The van der Waals surface area contributed by atoms with Crippen LogP contribution in [0.5, 0.6) is 0 Å². The standard InChI is InChI=1S/C13H19NO/c1-2-3-9-13(15)10-11-14-12-7-5-4-6-8-12/h4-8,14H,2-3,9-11H2,1H3. The topological polar surface area (TPSA) is 29.1 Å². The molecule has 0 heterocycles. The zero-order valence-electron chi connectivity index (χ0n) is 9.33. The monoisotopic (exact) mass is 205 g/mol. The molecule has 0 fully saturated rings. The summed E-state index contributed by atoms with van der Waals surface area (Å²) < 4.78 is 0. The number of carbonyl (C=O) groups excluding carboxylic acids is 1. The lowest BCUT2D eigenvalue weighted by atomic mass is 10.1. The number of unbranched alkanes of at least 4 members (excludes halogenated alkanes) is 1. The van der Waals surface area contributed by atoms with Crippen molar-refractivity contribution in [2.45, 2.75) is 32.6 Å². The molecule has 0 unspecified atom stereocenters. The van der Waals surface area contributed by atoms with Gasteiger partial charge >= 0.3 is 0 Å². The molecule has 0 saturated heterocycles. The van der Waals surface area contributed by atoms with Crippen LogP contribution in [0.1, 0.15) is 32.6 Å². The second-order valence-corrected chi connectivity index (χ2v) is 3.69. The Hall–Kier alpha value is -1.31. The van der Waals surface area contributed by atoms with Gasteiger partial charge in [0.25, 0.3) is 0 Å². The summed E-state index contributed by atoms with van der Waals surface area (Å²) in [5, 5.41) is 3.23. The van der Waals surface area contributed by atoms with E-state index >= 15 is 0 Å². The minimum atomic E-state index is 0.361. The number of carbonyl (C=O) groups is 1. The Kier molecular flexibility index (Phi) is 5.52. The fourth-order valence-corrected chi connectivity index (χ4v) is 1.40. The highest BCUT2D eigenvalue weighted by Gasteiger charge is 2.00. The van der Waals surface area contributed by atoms with Crippen LogP contribution in [0.4, 0.5) is 5.69 Å². The minimum Gasteiger partial charge on any atom is -0.385 e. The van der Waals surface area contributed by atoms with Crippen LogP contribution in [-0.4, -0.2) is 12.3 Å². The molecule has 1 aromatic carbocycles. The summed E-state index contributed by atoms with van der Waals surface area (Å²) >= 11 is 0. The van der Waals surface area contributed by atoms with Crippen molar-refractivity contribution in [1.82, 2.24) is 0 Å². The van der Waals surface area contributed by atoms with Gasteiger partial charge in [0.1, 0.15) is 5.78 Å². The van der Waals surface area contributed by atoms with Crippen molar-refractivity contribution < 1.29 is 4.79 Å². The van der Waals surface area contributed by atoms with Gasteiger partial charge in [0.15, 0.2) is 0 Å². The first-order valence-electron chi connectivity index (χ1n) is 5.63. The molecule has 2 heteroatoms. The maximum absolute atomic E-state index is 11.4. The van der Waals surface area contributed by atoms with E-state index in [1.165, 1.54) is 0 Å². The molecule has 0 radical (unpaired) electrons. The summed E-state index contributed by atoms with van der Waals surface area (Å²) in [6.07, 6.45) is 3.48. The normalized spacial score (nSPS) is 9.93. The molecule has 0 atom stereocenters. The highest BCUT2D eigenvalue weighted by Crippen LogP contribution is 2.05. The summed E-state index contributed by atoms with van der Waals surface area (Å²) in [6.45, 7) is 2.85. The number of hydrogen-bond donors (Lipinski definition) is 1. The predicted octanol–water partition coefficient (Wildman–Crippen LogP) is 3.25. The van der Waals surface area contributed by atoms with E-state index in [0.29, 0.717) is 12.2 Å². The smallest absolute Gasteiger partial charge is 0.134 e. The number of nitrogens with one attached hydrogen (secondary N) is 1. The molecular weight excluding hydrogens is 186 g/mol. The SMILES string of the molecule is CCCCC(=O)CCNc1ccccc1. The quantitative estimate of drug-likeness (QED) is 0.740. The summed E-state index contributed by atoms with van der Waals surface area (Å²) in [5.74, 6) is 0.361. The zero-order chi connectivity index (χ0) is 10.9. The third kappa shape index (κ3) is 5.21. The molecule has 0 saturated carbocycles. The highest BCUT2D eigenvalue weighted by molar-refractivity contribution is 5.78. The lowest BCUT2D eigenvalue weighted by Crippen LogP contribution is -2.08. The van der Waals surface area contributed by atoms with Gasteiger partial charge in [-0.3, -0.25) is 4.79 Å². The van der Waals surface area contributed by atoms with Crippen LogP contribution >= 0.6 is 0 Å². The first-order chi connectivity index (χ1) is 7.33. The summed E-state index contributed by atoms with van der Waals surface area (Å²) in [4.78, 5) is 11.4. The van der Waals surface area contributed by atoms with Crippen LogP contribution in [0.2, 0.25) is 0 Å². The Balaban J connectivity index is 2.14. The van der Waals surface area contributed by atoms with Crippen molar-refractivity contribution in [2.24, 2.45) is 0 Å². The van der Waals surface area contributed by atoms with Crippen LogP contribution in [0.15, 0.2) is 30.3 Å². The first kappa shape index (κ1) is 11.8. The molecule has 0 spiro atoms. The average molecular weight is 205 g/mol. The Morgan fingerprint density at radius 3 is 2.60 bits per heavy atom. The predicted molar refractivity (Wildman–Crippen MR) is 64.1 cm³/mol. The lowest BCUT2D eigenvalue weighted by Gasteiger charge is -2.04. The van der Waals surface area contributed by atoms with Gasteiger partial charge in [-0.1, -0.05) is 31.5 Å². The molecule has 0 aliphatic rings. The van der Waals surface area contributed by atoms with E-state index in [-0.39, 0.29) is 0 Å². The molecule has 0 aliphatic carbocycles. The fourth-order valence-electron chi connectivity index (χ4n) is 1.40. The molecule has 0 aromatic heterocycles. The number of rotatable bonds is 7. The van der Waals surface area contributed by atoms with Gasteiger partial charge in [0.2, 0.25) is 0 Å². The molecule has 82 valence electrons. The first-order valence-corrected chi connectivity index (χ1v) is 5.63. The molecule has 1 N–H and O–H groups in total. The summed E-state index contributed by atoms with van der Waals surface area (Å²) in [7, 11) is 0. The maximum Gasteiger partial charge on any atom is 0.134 e. The number of anilines is 1. The van der Waals surface area contributed by atoms with Crippen molar-refractivity contribution in [3.05, 3.63) is 30.3 Å². The van der Waals surface area contributed by atoms with E-state index in [9.17, 15) is 4.79 Å². The van der Waals surface area contributed by atoms with Crippen molar-refractivity contribution in [3.8, 4) is 0 Å². The van der Waals surface area contributed by atoms with Crippen LogP contribution in [-0.2, 0) is 4.79 Å². The minimum absolute atomic E-state index is 0.361. The number of benzene rings is 1. The van der Waals surface area contributed by atoms with Crippen LogP contribution in [0.25, 0.3) is 0 Å². The Bertz CT molecular complexity index is 282. The fraction of sp³-hybridized carbons (Fsp3) is 0.462. The molecule has 0 bridgehead atoms. The van der Waals surface area contributed by atoms with Gasteiger partial charge < -0.3 is 5.32 Å². The number of hydrogen-bond acceptors (Lipinski definition) is 2. The highest BCUT2D eigenvalue weighted by atomic mass is 16.1. The van der Waals surface area contributed by atoms with E-state index < -0.39 is 0 Å². The van der Waals surface area contributed by atoms with Gasteiger partial charge in [-0.25, -0.2) is 0 Å². The van der Waals surface area contributed by atoms with E-state index in [1.54, 1.807) is 0 Å². The van der Waals surface area contributed by atoms with E-state index in [2.05, 4.69) is 12.2 Å². The van der Waals surface area contributed by atoms with Gasteiger partial charge in [-0.2, -0.15) is 0 Å². The maximum atomic E-state index is 11.4. The number of para-hydroxylation sites is 1. The largest absolute Gasteiger partial charge is 0.385 e. The zero-order valence-corrected chi connectivity index (χ0v) is 9.33. The van der Waals surface area contributed by atoms with E-state index in [4.69, 9.17) is 0 Å². The van der Waals surface area contributed by atoms with Crippen LogP contribution in [0, 0.1) is 0 Å². The summed E-state index contributed by atoms with van der Waals surface area (Å²) in [5.41, 5.74) is 1.08. The van der Waals surface area contributed by atoms with E-state index in [0.717, 1.165) is 31.5 Å². The Morgan fingerprint density at radius 2 is 1.93 bits per heavy atom. The average Bonchev–Trinajstić information content (AvgIpc) is 2.28. The van der Waals surface area contributed by atoms with Crippen molar-refractivity contribution in [1.29, 1.82) is 0 Å². The van der Waals surface area contributed by atoms with Crippen molar-refractivity contribution in [3.63, 3.8) is 0 Å². The van der Waals surface area contributed by atoms with Gasteiger partial charge in [0.05, 0.1) is 0 Å². The molecule has 0 aliphatic heterocycles. The molecule has 2 nitrogen and oxygen atoms in total. The number of Topliss-reactive ketones (excluding diaryl/α,β-unsaturated/α-hetero) is 1. The lowest BCUT2D eigenvalue weighted by molar-refractivity contribution is -0.118. The molecule has 15 heavy (non-hydrogen) atoms. The molecule has 0 amide bonds. The van der Waals surface area contributed by atoms with Crippen molar-refractivity contribution in [2.75, 3.05) is 11.9 Å². The Morgan fingerprint density at radius 1 is 1.20 bits per heavy atom. The second kappa shape index (κ2) is 7.04. The molecule has 1 rings (SSSR count). The van der Waals surface area contributed by atoms with Crippen LogP contribution in [0.3, 0.4) is 0 Å². The van der Waals surface area contributed by atoms with Gasteiger partial charge in [-0.05, 0) is 18.6 Å².